The molecule has 0 aromatic heterocycles. The van der Waals surface area contributed by atoms with Crippen LogP contribution in [-0.4, -0.2) is 6.29 Å². The lowest BCUT2D eigenvalue weighted by molar-refractivity contribution is 0.112. The van der Waals surface area contributed by atoms with Crippen molar-refractivity contribution in [2.45, 2.75) is 29.6 Å². The Morgan fingerprint density at radius 3 is 2.22 bits per heavy atom. The fraction of sp³-hybridized carbons (Fsp3) is 0.188. The third-order valence-corrected chi connectivity index (χ3v) is 3.99. The second-order valence-electron chi connectivity index (χ2n) is 4.45. The molecule has 0 aliphatic heterocycles. The van der Waals surface area contributed by atoms with Gasteiger partial charge in [0, 0.05) is 15.4 Å². The van der Waals surface area contributed by atoms with Gasteiger partial charge in [-0.15, -0.1) is 0 Å². The Bertz CT molecular complexity index is 546. The quantitative estimate of drug-likeness (QED) is 0.733. The van der Waals surface area contributed by atoms with Gasteiger partial charge in [-0.25, -0.2) is 0 Å². The van der Waals surface area contributed by atoms with Crippen molar-refractivity contribution in [2.24, 2.45) is 0 Å². The SMILES string of the molecule is CC(C)c1ccccc1Sc1ccccc1C=O. The average Bonchev–Trinajstić information content (AvgIpc) is 2.40. The summed E-state index contributed by atoms with van der Waals surface area (Å²) in [4.78, 5) is 13.3. The summed E-state index contributed by atoms with van der Waals surface area (Å²) in [6.07, 6.45) is 0.917. The minimum atomic E-state index is 0.483. The van der Waals surface area contributed by atoms with Crippen molar-refractivity contribution < 1.29 is 4.79 Å². The van der Waals surface area contributed by atoms with Gasteiger partial charge in [-0.2, -0.15) is 0 Å². The monoisotopic (exact) mass is 256 g/mol. The number of hydrogen-bond acceptors (Lipinski definition) is 2. The summed E-state index contributed by atoms with van der Waals surface area (Å²) < 4.78 is 0. The van der Waals surface area contributed by atoms with Gasteiger partial charge < -0.3 is 0 Å². The number of carbonyl (C=O) groups excluding carboxylic acids is 1. The molecule has 0 heterocycles. The zero-order valence-corrected chi connectivity index (χ0v) is 11.4. The highest BCUT2D eigenvalue weighted by atomic mass is 32.2. The molecule has 0 saturated heterocycles. The van der Waals surface area contributed by atoms with E-state index in [2.05, 4.69) is 32.0 Å². The molecule has 18 heavy (non-hydrogen) atoms. The second-order valence-corrected chi connectivity index (χ2v) is 5.53. The van der Waals surface area contributed by atoms with Gasteiger partial charge >= 0.3 is 0 Å². The largest absolute Gasteiger partial charge is 0.298 e. The van der Waals surface area contributed by atoms with Crippen molar-refractivity contribution in [3.05, 3.63) is 59.7 Å². The molecule has 0 spiro atoms. The Balaban J connectivity index is 2.37. The summed E-state index contributed by atoms with van der Waals surface area (Å²) in [5, 5.41) is 0. The minimum absolute atomic E-state index is 0.483. The van der Waals surface area contributed by atoms with E-state index in [1.165, 1.54) is 10.5 Å². The molecule has 2 rings (SSSR count). The fourth-order valence-corrected chi connectivity index (χ4v) is 3.03. The smallest absolute Gasteiger partial charge is 0.151 e. The zero-order chi connectivity index (χ0) is 13.0. The summed E-state index contributed by atoms with van der Waals surface area (Å²) in [7, 11) is 0. The number of rotatable bonds is 4. The van der Waals surface area contributed by atoms with Crippen molar-refractivity contribution in [3.8, 4) is 0 Å². The lowest BCUT2D eigenvalue weighted by atomic mass is 10.0. The molecule has 2 aromatic rings. The van der Waals surface area contributed by atoms with Crippen LogP contribution in [0.4, 0.5) is 0 Å². The first-order chi connectivity index (χ1) is 8.72. The lowest BCUT2D eigenvalue weighted by Gasteiger charge is -2.12. The topological polar surface area (TPSA) is 17.1 Å². The first-order valence-electron chi connectivity index (χ1n) is 6.03. The molecule has 0 unspecified atom stereocenters. The third-order valence-electron chi connectivity index (χ3n) is 2.81. The third kappa shape index (κ3) is 2.82. The zero-order valence-electron chi connectivity index (χ0n) is 10.6. The minimum Gasteiger partial charge on any atom is -0.298 e. The second kappa shape index (κ2) is 5.87. The standard InChI is InChI=1S/C16H16OS/c1-12(2)14-8-4-6-10-16(14)18-15-9-5-3-7-13(15)11-17/h3-12H,1-2H3. The molecule has 2 heteroatoms. The highest BCUT2D eigenvalue weighted by Crippen LogP contribution is 2.34. The number of benzene rings is 2. The maximum Gasteiger partial charge on any atom is 0.151 e. The van der Waals surface area contributed by atoms with Crippen molar-refractivity contribution >= 4 is 18.0 Å². The molecule has 2 aromatic carbocycles. The van der Waals surface area contributed by atoms with Gasteiger partial charge in [0.15, 0.2) is 6.29 Å². The Morgan fingerprint density at radius 1 is 0.944 bits per heavy atom. The maximum atomic E-state index is 11.0. The predicted octanol–water partition coefficient (Wildman–Crippen LogP) is 4.77. The van der Waals surface area contributed by atoms with E-state index in [1.54, 1.807) is 11.8 Å². The van der Waals surface area contributed by atoms with Crippen molar-refractivity contribution in [1.29, 1.82) is 0 Å². The van der Waals surface area contributed by atoms with Crippen LogP contribution < -0.4 is 0 Å². The number of hydrogen-bond donors (Lipinski definition) is 0. The summed E-state index contributed by atoms with van der Waals surface area (Å²) in [5.74, 6) is 0.483. The van der Waals surface area contributed by atoms with Crippen LogP contribution in [0.15, 0.2) is 58.3 Å². The number of aldehydes is 1. The molecule has 1 nitrogen and oxygen atoms in total. The fourth-order valence-electron chi connectivity index (χ4n) is 1.84. The summed E-state index contributed by atoms with van der Waals surface area (Å²) in [6.45, 7) is 4.37. The first kappa shape index (κ1) is 12.9. The highest BCUT2D eigenvalue weighted by molar-refractivity contribution is 7.99. The molecule has 0 aliphatic carbocycles. The van der Waals surface area contributed by atoms with Gasteiger partial charge in [-0.05, 0) is 23.6 Å². The number of carbonyl (C=O) groups is 1. The van der Waals surface area contributed by atoms with Crippen LogP contribution in [0.25, 0.3) is 0 Å². The molecular formula is C16H16OS. The van der Waals surface area contributed by atoms with Gasteiger partial charge in [0.1, 0.15) is 0 Å². The molecule has 0 radical (unpaired) electrons. The highest BCUT2D eigenvalue weighted by Gasteiger charge is 2.09. The van der Waals surface area contributed by atoms with Crippen LogP contribution in [0.3, 0.4) is 0 Å². The molecule has 0 saturated carbocycles. The molecule has 0 fully saturated rings. The van der Waals surface area contributed by atoms with E-state index in [1.807, 2.05) is 30.3 Å². The van der Waals surface area contributed by atoms with Crippen molar-refractivity contribution in [3.63, 3.8) is 0 Å². The molecular weight excluding hydrogens is 240 g/mol. The van der Waals surface area contributed by atoms with E-state index in [0.29, 0.717) is 5.92 Å². The van der Waals surface area contributed by atoms with Gasteiger partial charge in [0.2, 0.25) is 0 Å². The Hall–Kier alpha value is -1.54. The van der Waals surface area contributed by atoms with Crippen LogP contribution in [0.2, 0.25) is 0 Å². The molecule has 0 N–H and O–H groups in total. The summed E-state index contributed by atoms with van der Waals surface area (Å²) in [5.41, 5.74) is 2.07. The first-order valence-corrected chi connectivity index (χ1v) is 6.85. The van der Waals surface area contributed by atoms with Crippen LogP contribution in [0, 0.1) is 0 Å². The van der Waals surface area contributed by atoms with Gasteiger partial charge in [0.25, 0.3) is 0 Å². The Morgan fingerprint density at radius 2 is 1.56 bits per heavy atom. The Kier molecular flexibility index (Phi) is 4.21. The van der Waals surface area contributed by atoms with Crippen molar-refractivity contribution in [2.75, 3.05) is 0 Å². The molecule has 0 bridgehead atoms. The average molecular weight is 256 g/mol. The van der Waals surface area contributed by atoms with Gasteiger partial charge in [-0.3, -0.25) is 4.79 Å². The molecule has 0 atom stereocenters. The van der Waals surface area contributed by atoms with Gasteiger partial charge in [0.05, 0.1) is 0 Å². The summed E-state index contributed by atoms with van der Waals surface area (Å²) in [6, 6.07) is 16.1. The van der Waals surface area contributed by atoms with E-state index in [4.69, 9.17) is 0 Å². The Labute approximate surface area is 112 Å². The molecule has 0 amide bonds. The normalized spacial score (nSPS) is 10.6. The van der Waals surface area contributed by atoms with Crippen LogP contribution in [0.1, 0.15) is 35.7 Å². The van der Waals surface area contributed by atoms with Crippen LogP contribution >= 0.6 is 11.8 Å². The molecule has 0 aliphatic rings. The maximum absolute atomic E-state index is 11.0. The van der Waals surface area contributed by atoms with E-state index < -0.39 is 0 Å². The predicted molar refractivity (Wildman–Crippen MR) is 76.5 cm³/mol. The van der Waals surface area contributed by atoms with E-state index in [0.717, 1.165) is 16.7 Å². The van der Waals surface area contributed by atoms with E-state index in [9.17, 15) is 4.79 Å². The van der Waals surface area contributed by atoms with Crippen LogP contribution in [-0.2, 0) is 0 Å². The molecule has 92 valence electrons. The van der Waals surface area contributed by atoms with E-state index in [-0.39, 0.29) is 0 Å². The lowest BCUT2D eigenvalue weighted by Crippen LogP contribution is -1.91. The van der Waals surface area contributed by atoms with Crippen molar-refractivity contribution in [1.82, 2.24) is 0 Å². The summed E-state index contributed by atoms with van der Waals surface area (Å²) >= 11 is 1.66. The van der Waals surface area contributed by atoms with Gasteiger partial charge in [-0.1, -0.05) is 62.0 Å². The van der Waals surface area contributed by atoms with Crippen LogP contribution in [0.5, 0.6) is 0 Å². The van der Waals surface area contributed by atoms with E-state index >= 15 is 0 Å².